The molecule has 1 aromatic carbocycles. The van der Waals surface area contributed by atoms with Gasteiger partial charge >= 0.3 is 0 Å². The van der Waals surface area contributed by atoms with Crippen molar-refractivity contribution in [2.75, 3.05) is 5.73 Å². The number of nitrogen functional groups attached to an aromatic ring is 1. The lowest BCUT2D eigenvalue weighted by Gasteiger charge is -2.03. The Kier molecular flexibility index (Phi) is 3.09. The van der Waals surface area contributed by atoms with Gasteiger partial charge in [-0.05, 0) is 11.6 Å². The highest BCUT2D eigenvalue weighted by atomic mass is 14.6. The third-order valence-electron chi connectivity index (χ3n) is 1.74. The Morgan fingerprint density at radius 3 is 2.62 bits per heavy atom. The van der Waals surface area contributed by atoms with Crippen LogP contribution in [-0.4, -0.2) is 0 Å². The Morgan fingerprint density at radius 2 is 2.00 bits per heavy atom. The smallest absolute Gasteiger partial charge is 0.0393 e. The largest absolute Gasteiger partial charge is 0.398 e. The van der Waals surface area contributed by atoms with E-state index in [4.69, 9.17) is 5.73 Å². The molecular weight excluding hydrogens is 158 g/mol. The van der Waals surface area contributed by atoms with Crippen molar-refractivity contribution in [3.05, 3.63) is 61.2 Å². The molecule has 0 fully saturated rings. The molecule has 0 unspecified atom stereocenters. The quantitative estimate of drug-likeness (QED) is 0.549. The standard InChI is InChI=1S/C12H13N/c1-3-4-7-10(2)11-8-5-6-9-12(11)13/h3-9H,1-2,13H2. The zero-order valence-electron chi connectivity index (χ0n) is 7.53. The summed E-state index contributed by atoms with van der Waals surface area (Å²) in [7, 11) is 0. The molecule has 0 saturated carbocycles. The van der Waals surface area contributed by atoms with Gasteiger partial charge in [-0.25, -0.2) is 0 Å². The molecule has 13 heavy (non-hydrogen) atoms. The Balaban J connectivity index is 2.95. The van der Waals surface area contributed by atoms with Crippen LogP contribution in [-0.2, 0) is 0 Å². The Labute approximate surface area is 78.9 Å². The van der Waals surface area contributed by atoms with Crippen LogP contribution in [0.1, 0.15) is 5.56 Å². The molecule has 0 spiro atoms. The van der Waals surface area contributed by atoms with E-state index in [1.807, 2.05) is 36.4 Å². The Hall–Kier alpha value is -1.76. The molecule has 1 rings (SSSR count). The molecule has 1 nitrogen and oxygen atoms in total. The Bertz CT molecular complexity index is 348. The van der Waals surface area contributed by atoms with Gasteiger partial charge in [0.2, 0.25) is 0 Å². The van der Waals surface area contributed by atoms with Gasteiger partial charge in [0.1, 0.15) is 0 Å². The molecule has 0 atom stereocenters. The zero-order chi connectivity index (χ0) is 9.68. The maximum absolute atomic E-state index is 5.77. The summed E-state index contributed by atoms with van der Waals surface area (Å²) in [6.07, 6.45) is 5.44. The summed E-state index contributed by atoms with van der Waals surface area (Å²) >= 11 is 0. The van der Waals surface area contributed by atoms with Gasteiger partial charge in [-0.2, -0.15) is 0 Å². The van der Waals surface area contributed by atoms with E-state index in [-0.39, 0.29) is 0 Å². The number of hydrogen-bond donors (Lipinski definition) is 1. The van der Waals surface area contributed by atoms with Gasteiger partial charge in [0.15, 0.2) is 0 Å². The molecule has 0 heterocycles. The molecule has 0 aliphatic rings. The second-order valence-corrected chi connectivity index (χ2v) is 2.71. The number of rotatable bonds is 3. The number of anilines is 1. The number of benzene rings is 1. The van der Waals surface area contributed by atoms with Crippen molar-refractivity contribution in [3.63, 3.8) is 0 Å². The van der Waals surface area contributed by atoms with Gasteiger partial charge in [0, 0.05) is 11.3 Å². The third-order valence-corrected chi connectivity index (χ3v) is 1.74. The van der Waals surface area contributed by atoms with Crippen molar-refractivity contribution in [3.8, 4) is 0 Å². The molecule has 0 aromatic heterocycles. The van der Waals surface area contributed by atoms with Gasteiger partial charge in [-0.15, -0.1) is 0 Å². The van der Waals surface area contributed by atoms with Gasteiger partial charge in [0.25, 0.3) is 0 Å². The number of para-hydroxylation sites is 1. The highest BCUT2D eigenvalue weighted by molar-refractivity contribution is 5.79. The fourth-order valence-electron chi connectivity index (χ4n) is 1.06. The molecule has 1 heteroatoms. The summed E-state index contributed by atoms with van der Waals surface area (Å²) in [5.74, 6) is 0. The summed E-state index contributed by atoms with van der Waals surface area (Å²) in [5.41, 5.74) is 8.40. The minimum Gasteiger partial charge on any atom is -0.398 e. The van der Waals surface area contributed by atoms with Crippen LogP contribution in [0.2, 0.25) is 0 Å². The third kappa shape index (κ3) is 2.34. The molecule has 1 aromatic rings. The maximum atomic E-state index is 5.77. The SMILES string of the molecule is C=CC=CC(=C)c1ccccc1N. The number of allylic oxidation sites excluding steroid dienone is 4. The van der Waals surface area contributed by atoms with Gasteiger partial charge in [-0.3, -0.25) is 0 Å². The van der Waals surface area contributed by atoms with Gasteiger partial charge in [0.05, 0.1) is 0 Å². The normalized spacial score (nSPS) is 10.2. The lowest BCUT2D eigenvalue weighted by atomic mass is 10.1. The number of hydrogen-bond acceptors (Lipinski definition) is 1. The van der Waals surface area contributed by atoms with Crippen LogP contribution in [0.3, 0.4) is 0 Å². The molecule has 0 amide bonds. The highest BCUT2D eigenvalue weighted by Gasteiger charge is 1.97. The molecule has 2 N–H and O–H groups in total. The zero-order valence-corrected chi connectivity index (χ0v) is 7.53. The molecule has 0 aliphatic carbocycles. The van der Waals surface area contributed by atoms with Crippen LogP contribution in [0.25, 0.3) is 5.57 Å². The minimum absolute atomic E-state index is 0.751. The first-order valence-electron chi connectivity index (χ1n) is 4.08. The minimum atomic E-state index is 0.751. The van der Waals surface area contributed by atoms with Gasteiger partial charge < -0.3 is 5.73 Å². The molecule has 0 bridgehead atoms. The van der Waals surface area contributed by atoms with E-state index in [1.165, 1.54) is 0 Å². The molecule has 0 saturated heterocycles. The average Bonchev–Trinajstić information content (AvgIpc) is 2.15. The first-order chi connectivity index (χ1) is 6.25. The maximum Gasteiger partial charge on any atom is 0.0393 e. The second kappa shape index (κ2) is 4.31. The van der Waals surface area contributed by atoms with Crippen LogP contribution in [0, 0.1) is 0 Å². The lowest BCUT2D eigenvalue weighted by Crippen LogP contribution is -1.90. The average molecular weight is 171 g/mol. The topological polar surface area (TPSA) is 26.0 Å². The van der Waals surface area contributed by atoms with E-state index in [2.05, 4.69) is 13.2 Å². The molecule has 66 valence electrons. The van der Waals surface area contributed by atoms with E-state index in [0.29, 0.717) is 0 Å². The van der Waals surface area contributed by atoms with E-state index in [1.54, 1.807) is 6.08 Å². The molecule has 0 aliphatic heterocycles. The second-order valence-electron chi connectivity index (χ2n) is 2.71. The first-order valence-corrected chi connectivity index (χ1v) is 4.08. The van der Waals surface area contributed by atoms with Crippen LogP contribution < -0.4 is 5.73 Å². The summed E-state index contributed by atoms with van der Waals surface area (Å²) in [5, 5.41) is 0. The van der Waals surface area contributed by atoms with Gasteiger partial charge in [-0.1, -0.05) is 49.6 Å². The van der Waals surface area contributed by atoms with Crippen LogP contribution in [0.4, 0.5) is 5.69 Å². The monoisotopic (exact) mass is 171 g/mol. The van der Waals surface area contributed by atoms with Crippen molar-refractivity contribution in [1.82, 2.24) is 0 Å². The number of nitrogens with two attached hydrogens (primary N) is 1. The predicted octanol–water partition coefficient (Wildman–Crippen LogP) is 3.02. The van der Waals surface area contributed by atoms with Crippen molar-refractivity contribution < 1.29 is 0 Å². The van der Waals surface area contributed by atoms with E-state index in [0.717, 1.165) is 16.8 Å². The molecular formula is C12H13N. The van der Waals surface area contributed by atoms with Crippen molar-refractivity contribution >= 4 is 11.3 Å². The lowest BCUT2D eigenvalue weighted by molar-refractivity contribution is 1.61. The fourth-order valence-corrected chi connectivity index (χ4v) is 1.06. The van der Waals surface area contributed by atoms with Crippen molar-refractivity contribution in [2.24, 2.45) is 0 Å². The summed E-state index contributed by atoms with van der Waals surface area (Å²) < 4.78 is 0. The predicted molar refractivity (Wildman–Crippen MR) is 59.2 cm³/mol. The summed E-state index contributed by atoms with van der Waals surface area (Å²) in [4.78, 5) is 0. The summed E-state index contributed by atoms with van der Waals surface area (Å²) in [6, 6.07) is 7.66. The van der Waals surface area contributed by atoms with Crippen LogP contribution in [0.5, 0.6) is 0 Å². The Morgan fingerprint density at radius 1 is 1.31 bits per heavy atom. The van der Waals surface area contributed by atoms with Crippen molar-refractivity contribution in [1.29, 1.82) is 0 Å². The molecule has 0 radical (unpaired) electrons. The van der Waals surface area contributed by atoms with E-state index in [9.17, 15) is 0 Å². The highest BCUT2D eigenvalue weighted by Crippen LogP contribution is 2.20. The van der Waals surface area contributed by atoms with E-state index >= 15 is 0 Å². The fraction of sp³-hybridized carbons (Fsp3) is 0. The van der Waals surface area contributed by atoms with Crippen molar-refractivity contribution in [2.45, 2.75) is 0 Å². The first kappa shape index (κ1) is 9.33. The van der Waals surface area contributed by atoms with Crippen LogP contribution in [0.15, 0.2) is 55.7 Å². The van der Waals surface area contributed by atoms with E-state index < -0.39 is 0 Å². The van der Waals surface area contributed by atoms with Crippen LogP contribution >= 0.6 is 0 Å². The summed E-state index contributed by atoms with van der Waals surface area (Å²) in [6.45, 7) is 7.50.